The predicted molar refractivity (Wildman–Crippen MR) is 43.5 cm³/mol. The Kier molecular flexibility index (Phi) is 3.95. The number of nitrogens with zero attached hydrogens (tertiary/aromatic N) is 1. The third-order valence-electron chi connectivity index (χ3n) is 1.43. The molecule has 0 rings (SSSR count). The molecule has 0 aromatic carbocycles. The number of allylic oxidation sites excluding steroid dienone is 1. The van der Waals surface area contributed by atoms with Gasteiger partial charge in [-0.15, -0.1) is 0 Å². The van der Waals surface area contributed by atoms with Crippen LogP contribution in [0.5, 0.6) is 0 Å². The van der Waals surface area contributed by atoms with Crippen molar-refractivity contribution in [2.45, 2.75) is 17.2 Å². The smallest absolute Gasteiger partial charge is 0.384 e. The van der Waals surface area contributed by atoms with Crippen molar-refractivity contribution in [2.75, 3.05) is 14.1 Å². The van der Waals surface area contributed by atoms with Crippen LogP contribution >= 0.6 is 11.6 Å². The first-order valence-corrected chi connectivity index (χ1v) is 3.98. The second-order valence-corrected chi connectivity index (χ2v) is 3.58. The van der Waals surface area contributed by atoms with Crippen molar-refractivity contribution >= 4 is 11.6 Å². The van der Waals surface area contributed by atoms with E-state index >= 15 is 0 Å². The van der Waals surface area contributed by atoms with E-state index in [1.807, 2.05) is 0 Å². The molecule has 0 aliphatic heterocycles. The zero-order valence-corrected chi connectivity index (χ0v) is 8.50. The Morgan fingerprint density at radius 2 is 1.27 bits per heavy atom. The van der Waals surface area contributed by atoms with Crippen LogP contribution in [-0.2, 0) is 0 Å². The third kappa shape index (κ3) is 3.19. The van der Waals surface area contributed by atoms with Gasteiger partial charge in [-0.1, -0.05) is 11.6 Å². The molecule has 8 heteroatoms. The Bertz CT molecular complexity index is 227. The average molecular weight is 256 g/mol. The van der Waals surface area contributed by atoms with Crippen LogP contribution < -0.4 is 0 Å². The minimum atomic E-state index is -5.60. The van der Waals surface area contributed by atoms with Gasteiger partial charge in [0.15, 0.2) is 0 Å². The van der Waals surface area contributed by atoms with Crippen LogP contribution in [0.4, 0.5) is 26.3 Å². The van der Waals surface area contributed by atoms with Crippen LogP contribution in [0, 0.1) is 0 Å². The fourth-order valence-corrected chi connectivity index (χ4v) is 0.658. The molecule has 0 atom stereocenters. The van der Waals surface area contributed by atoms with Crippen LogP contribution in [0.25, 0.3) is 0 Å². The number of alkyl halides is 7. The monoisotopic (exact) mass is 255 g/mol. The molecule has 0 saturated heterocycles. The first-order chi connectivity index (χ1) is 6.42. The summed E-state index contributed by atoms with van der Waals surface area (Å²) in [5.74, 6) is 0. The Morgan fingerprint density at radius 3 is 1.47 bits per heavy atom. The van der Waals surface area contributed by atoms with Crippen LogP contribution in [0.1, 0.15) is 0 Å². The lowest BCUT2D eigenvalue weighted by Gasteiger charge is -2.28. The molecule has 0 saturated carbocycles. The van der Waals surface area contributed by atoms with Gasteiger partial charge in [0.1, 0.15) is 0 Å². The summed E-state index contributed by atoms with van der Waals surface area (Å²) in [6.45, 7) is 0. The van der Waals surface area contributed by atoms with Crippen LogP contribution in [0.3, 0.4) is 0 Å². The number of hydrogen-bond acceptors (Lipinski definition) is 1. The maximum Gasteiger partial charge on any atom is 0.420 e. The molecule has 90 valence electrons. The van der Waals surface area contributed by atoms with E-state index in [1.54, 1.807) is 0 Å². The van der Waals surface area contributed by atoms with E-state index in [1.165, 1.54) is 14.1 Å². The molecule has 0 bridgehead atoms. The summed E-state index contributed by atoms with van der Waals surface area (Å²) >= 11 is 4.57. The van der Waals surface area contributed by atoms with Crippen molar-refractivity contribution in [1.29, 1.82) is 0 Å². The maximum atomic E-state index is 12.1. The molecular formula is C7H8ClF6N. The zero-order chi connectivity index (χ0) is 12.5. The maximum absolute atomic E-state index is 12.1. The van der Waals surface area contributed by atoms with Crippen molar-refractivity contribution in [3.63, 3.8) is 0 Å². The summed E-state index contributed by atoms with van der Waals surface area (Å²) in [6, 6.07) is 0. The van der Waals surface area contributed by atoms with Crippen LogP contribution in [0.15, 0.2) is 12.3 Å². The molecule has 0 radical (unpaired) electrons. The van der Waals surface area contributed by atoms with Gasteiger partial charge in [-0.25, -0.2) is 0 Å². The van der Waals surface area contributed by atoms with Gasteiger partial charge in [-0.05, 0) is 12.3 Å². The Hall–Kier alpha value is -0.590. The topological polar surface area (TPSA) is 3.24 Å². The SMILES string of the molecule is CN(C)C=CC(Cl)(C(F)(F)F)C(F)(F)F. The van der Waals surface area contributed by atoms with Gasteiger partial charge in [0.05, 0.1) is 0 Å². The normalized spacial score (nSPS) is 14.7. The molecule has 0 aromatic heterocycles. The van der Waals surface area contributed by atoms with E-state index in [-0.39, 0.29) is 6.08 Å². The molecular weight excluding hydrogens is 248 g/mol. The minimum absolute atomic E-state index is 0.130. The quantitative estimate of drug-likeness (QED) is 0.541. The van der Waals surface area contributed by atoms with Crippen molar-refractivity contribution < 1.29 is 26.3 Å². The summed E-state index contributed by atoms with van der Waals surface area (Å²) < 4.78 is 72.8. The summed E-state index contributed by atoms with van der Waals surface area (Å²) in [5.41, 5.74) is 0. The van der Waals surface area contributed by atoms with Gasteiger partial charge < -0.3 is 4.90 Å². The fraction of sp³-hybridized carbons (Fsp3) is 0.714. The summed E-state index contributed by atoms with van der Waals surface area (Å²) in [6.07, 6.45) is -10.7. The zero-order valence-electron chi connectivity index (χ0n) is 7.75. The first kappa shape index (κ1) is 14.4. The van der Waals surface area contributed by atoms with Crippen LogP contribution in [0.2, 0.25) is 0 Å². The highest BCUT2D eigenvalue weighted by Crippen LogP contribution is 2.48. The molecule has 0 aromatic rings. The molecule has 0 aliphatic carbocycles. The molecule has 0 amide bonds. The molecule has 0 unspecified atom stereocenters. The molecule has 0 fully saturated rings. The van der Waals surface area contributed by atoms with Gasteiger partial charge >= 0.3 is 12.4 Å². The first-order valence-electron chi connectivity index (χ1n) is 3.60. The second kappa shape index (κ2) is 4.11. The van der Waals surface area contributed by atoms with E-state index in [2.05, 4.69) is 11.6 Å². The van der Waals surface area contributed by atoms with Gasteiger partial charge in [0.2, 0.25) is 0 Å². The molecule has 0 spiro atoms. The van der Waals surface area contributed by atoms with E-state index in [9.17, 15) is 26.3 Å². The molecule has 0 heterocycles. The molecule has 1 nitrogen and oxygen atoms in total. The predicted octanol–water partition coefficient (Wildman–Crippen LogP) is 3.16. The fourth-order valence-electron chi connectivity index (χ4n) is 0.601. The van der Waals surface area contributed by atoms with E-state index in [0.29, 0.717) is 6.20 Å². The highest BCUT2D eigenvalue weighted by molar-refractivity contribution is 6.26. The lowest BCUT2D eigenvalue weighted by Crippen LogP contribution is -2.50. The molecule has 15 heavy (non-hydrogen) atoms. The highest BCUT2D eigenvalue weighted by Gasteiger charge is 2.68. The van der Waals surface area contributed by atoms with Gasteiger partial charge in [-0.2, -0.15) is 26.3 Å². The average Bonchev–Trinajstić information content (AvgIpc) is 1.95. The lowest BCUT2D eigenvalue weighted by molar-refractivity contribution is -0.253. The van der Waals surface area contributed by atoms with Crippen LogP contribution in [-0.4, -0.2) is 36.2 Å². The lowest BCUT2D eigenvalue weighted by atomic mass is 10.1. The highest BCUT2D eigenvalue weighted by atomic mass is 35.5. The molecule has 0 N–H and O–H groups in total. The van der Waals surface area contributed by atoms with Crippen molar-refractivity contribution in [1.82, 2.24) is 4.90 Å². The Morgan fingerprint density at radius 1 is 0.933 bits per heavy atom. The van der Waals surface area contributed by atoms with E-state index in [4.69, 9.17) is 0 Å². The van der Waals surface area contributed by atoms with Crippen molar-refractivity contribution in [3.8, 4) is 0 Å². The van der Waals surface area contributed by atoms with Gasteiger partial charge in [-0.3, -0.25) is 0 Å². The summed E-state index contributed by atoms with van der Waals surface area (Å²) in [4.78, 5) is -3.32. The third-order valence-corrected chi connectivity index (χ3v) is 1.98. The number of hydrogen-bond donors (Lipinski definition) is 0. The van der Waals surface area contributed by atoms with Gasteiger partial charge in [0, 0.05) is 14.1 Å². The Labute approximate surface area is 87.3 Å². The largest absolute Gasteiger partial charge is 0.420 e. The standard InChI is InChI=1S/C7H8ClF6N/c1-15(2)4-3-5(8,6(9,10)11)7(12,13)14/h3-4H,1-2H3. The van der Waals surface area contributed by atoms with Crippen molar-refractivity contribution in [2.24, 2.45) is 0 Å². The second-order valence-electron chi connectivity index (χ2n) is 2.99. The minimum Gasteiger partial charge on any atom is -0.384 e. The Balaban J connectivity index is 5.25. The summed E-state index contributed by atoms with van der Waals surface area (Å²) in [7, 11) is 2.56. The number of halogens is 7. The molecule has 0 aliphatic rings. The number of rotatable bonds is 2. The van der Waals surface area contributed by atoms with Gasteiger partial charge in [0.25, 0.3) is 4.87 Å². The van der Waals surface area contributed by atoms with E-state index in [0.717, 1.165) is 4.90 Å². The van der Waals surface area contributed by atoms with Crippen molar-refractivity contribution in [3.05, 3.63) is 12.3 Å². The summed E-state index contributed by atoms with van der Waals surface area (Å²) in [5, 5.41) is 0. The van der Waals surface area contributed by atoms with E-state index < -0.39 is 17.2 Å².